The molecule has 6 heteroatoms. The number of halogens is 1. The van der Waals surface area contributed by atoms with E-state index in [0.29, 0.717) is 40.4 Å². The summed E-state index contributed by atoms with van der Waals surface area (Å²) in [5.74, 6) is 1.08. The minimum Gasteiger partial charge on any atom is -0.352 e. The van der Waals surface area contributed by atoms with E-state index < -0.39 is 0 Å². The van der Waals surface area contributed by atoms with Crippen molar-refractivity contribution in [3.63, 3.8) is 0 Å². The zero-order chi connectivity index (χ0) is 19.6. The quantitative estimate of drug-likeness (QED) is 0.817. The predicted molar refractivity (Wildman–Crippen MR) is 110 cm³/mol. The first-order valence-electron chi connectivity index (χ1n) is 9.74. The SMILES string of the molecule is CC1CCC(CNC(=O)c2c(Cl)ccc3c(=O)n([C@H](C)CN)ccc23)CC1. The lowest BCUT2D eigenvalue weighted by molar-refractivity contribution is 0.0943. The molecule has 1 heterocycles. The minimum absolute atomic E-state index is 0.108. The van der Waals surface area contributed by atoms with Crippen LogP contribution in [0.4, 0.5) is 0 Å². The maximum atomic E-state index is 12.8. The number of rotatable bonds is 5. The third-order valence-corrected chi connectivity index (χ3v) is 6.11. The van der Waals surface area contributed by atoms with Crippen molar-refractivity contribution in [2.45, 2.75) is 45.6 Å². The van der Waals surface area contributed by atoms with Crippen molar-refractivity contribution < 1.29 is 4.79 Å². The van der Waals surface area contributed by atoms with Crippen molar-refractivity contribution in [3.8, 4) is 0 Å². The van der Waals surface area contributed by atoms with Gasteiger partial charge in [0, 0.05) is 36.1 Å². The standard InChI is InChI=1S/C21H28ClN3O2/c1-13-3-5-15(6-4-13)12-24-20(26)19-16-9-10-25(14(2)11-23)21(27)17(16)7-8-18(19)22/h7-10,13-15H,3-6,11-12,23H2,1-2H3,(H,24,26)/t13?,14-,15?/m1/s1. The Hall–Kier alpha value is -1.85. The zero-order valence-electron chi connectivity index (χ0n) is 16.0. The van der Waals surface area contributed by atoms with Crippen LogP contribution in [0.15, 0.2) is 29.2 Å². The molecule has 1 amide bonds. The van der Waals surface area contributed by atoms with Gasteiger partial charge in [0.05, 0.1) is 10.6 Å². The number of carbonyl (C=O) groups excluding carboxylic acids is 1. The van der Waals surface area contributed by atoms with Crippen LogP contribution in [0.2, 0.25) is 5.02 Å². The van der Waals surface area contributed by atoms with E-state index in [-0.39, 0.29) is 17.5 Å². The normalized spacial score (nSPS) is 21.2. The summed E-state index contributed by atoms with van der Waals surface area (Å²) >= 11 is 6.33. The van der Waals surface area contributed by atoms with E-state index >= 15 is 0 Å². The first-order valence-corrected chi connectivity index (χ1v) is 10.1. The van der Waals surface area contributed by atoms with Crippen molar-refractivity contribution in [2.24, 2.45) is 17.6 Å². The Morgan fingerprint density at radius 2 is 1.96 bits per heavy atom. The number of aromatic nitrogens is 1. The van der Waals surface area contributed by atoms with Gasteiger partial charge >= 0.3 is 0 Å². The van der Waals surface area contributed by atoms with Crippen molar-refractivity contribution in [3.05, 3.63) is 45.3 Å². The van der Waals surface area contributed by atoms with E-state index in [1.807, 2.05) is 6.92 Å². The van der Waals surface area contributed by atoms with Gasteiger partial charge in [0.15, 0.2) is 0 Å². The van der Waals surface area contributed by atoms with E-state index in [0.717, 1.165) is 18.8 Å². The molecule has 2 aromatic rings. The van der Waals surface area contributed by atoms with Crippen LogP contribution in [0.25, 0.3) is 10.8 Å². The molecule has 0 bridgehead atoms. The molecule has 3 N–H and O–H groups in total. The molecule has 0 radical (unpaired) electrons. The minimum atomic E-state index is -0.215. The molecule has 1 aromatic heterocycles. The van der Waals surface area contributed by atoms with E-state index in [1.54, 1.807) is 29.0 Å². The predicted octanol–water partition coefficient (Wildman–Crippen LogP) is 3.73. The third-order valence-electron chi connectivity index (χ3n) is 5.79. The Morgan fingerprint density at radius 1 is 1.26 bits per heavy atom. The van der Waals surface area contributed by atoms with Crippen molar-refractivity contribution in [1.29, 1.82) is 0 Å². The lowest BCUT2D eigenvalue weighted by atomic mass is 9.83. The van der Waals surface area contributed by atoms with Gasteiger partial charge in [-0.15, -0.1) is 0 Å². The number of nitrogens with two attached hydrogens (primary N) is 1. The van der Waals surface area contributed by atoms with Gasteiger partial charge in [-0.2, -0.15) is 0 Å². The fourth-order valence-electron chi connectivity index (χ4n) is 3.86. The topological polar surface area (TPSA) is 77.1 Å². The summed E-state index contributed by atoms with van der Waals surface area (Å²) in [6.45, 7) is 5.19. The molecule has 1 aromatic carbocycles. The van der Waals surface area contributed by atoms with Gasteiger partial charge in [0.2, 0.25) is 0 Å². The van der Waals surface area contributed by atoms with Crippen molar-refractivity contribution >= 4 is 28.3 Å². The lowest BCUT2D eigenvalue weighted by Gasteiger charge is -2.26. The molecule has 1 atom stereocenters. The van der Waals surface area contributed by atoms with E-state index in [9.17, 15) is 9.59 Å². The van der Waals surface area contributed by atoms with E-state index in [1.165, 1.54) is 12.8 Å². The number of amides is 1. The summed E-state index contributed by atoms with van der Waals surface area (Å²) in [6.07, 6.45) is 6.42. The summed E-state index contributed by atoms with van der Waals surface area (Å²) in [5, 5.41) is 4.47. The molecule has 0 unspecified atom stereocenters. The monoisotopic (exact) mass is 389 g/mol. The second-order valence-electron chi connectivity index (χ2n) is 7.83. The van der Waals surface area contributed by atoms with Gasteiger partial charge in [0.25, 0.3) is 11.5 Å². The number of pyridine rings is 1. The number of benzene rings is 1. The summed E-state index contributed by atoms with van der Waals surface area (Å²) < 4.78 is 1.60. The Balaban J connectivity index is 1.87. The highest BCUT2D eigenvalue weighted by atomic mass is 35.5. The highest BCUT2D eigenvalue weighted by molar-refractivity contribution is 6.35. The van der Waals surface area contributed by atoms with Crippen LogP contribution in [0.3, 0.4) is 0 Å². The maximum absolute atomic E-state index is 12.8. The van der Waals surface area contributed by atoms with Gasteiger partial charge in [-0.3, -0.25) is 9.59 Å². The molecule has 0 saturated heterocycles. The highest BCUT2D eigenvalue weighted by Gasteiger charge is 2.21. The molecule has 1 aliphatic carbocycles. The molecule has 146 valence electrons. The Kier molecular flexibility index (Phi) is 6.22. The van der Waals surface area contributed by atoms with Gasteiger partial charge in [-0.1, -0.05) is 31.4 Å². The van der Waals surface area contributed by atoms with Crippen molar-refractivity contribution in [2.75, 3.05) is 13.1 Å². The van der Waals surface area contributed by atoms with Crippen LogP contribution in [0, 0.1) is 11.8 Å². The first kappa shape index (κ1) is 19.9. The number of carbonyl (C=O) groups is 1. The smallest absolute Gasteiger partial charge is 0.258 e. The Bertz CT molecular complexity index is 885. The fourth-order valence-corrected chi connectivity index (χ4v) is 4.11. The molecular formula is C21H28ClN3O2. The zero-order valence-corrected chi connectivity index (χ0v) is 16.8. The maximum Gasteiger partial charge on any atom is 0.258 e. The summed E-state index contributed by atoms with van der Waals surface area (Å²) in [4.78, 5) is 25.6. The molecular weight excluding hydrogens is 362 g/mol. The van der Waals surface area contributed by atoms with Gasteiger partial charge in [0.1, 0.15) is 0 Å². The van der Waals surface area contributed by atoms with Crippen LogP contribution >= 0.6 is 11.6 Å². The lowest BCUT2D eigenvalue weighted by Crippen LogP contribution is -2.32. The van der Waals surface area contributed by atoms with Crippen LogP contribution in [-0.4, -0.2) is 23.6 Å². The number of hydrogen-bond acceptors (Lipinski definition) is 3. The van der Waals surface area contributed by atoms with Gasteiger partial charge < -0.3 is 15.6 Å². The van der Waals surface area contributed by atoms with Crippen LogP contribution < -0.4 is 16.6 Å². The summed E-state index contributed by atoms with van der Waals surface area (Å²) in [5.41, 5.74) is 5.92. The van der Waals surface area contributed by atoms with Gasteiger partial charge in [-0.05, 0) is 49.8 Å². The number of nitrogens with one attached hydrogen (secondary N) is 1. The largest absolute Gasteiger partial charge is 0.352 e. The second-order valence-corrected chi connectivity index (χ2v) is 8.24. The molecule has 3 rings (SSSR count). The van der Waals surface area contributed by atoms with Crippen molar-refractivity contribution in [1.82, 2.24) is 9.88 Å². The molecule has 27 heavy (non-hydrogen) atoms. The highest BCUT2D eigenvalue weighted by Crippen LogP contribution is 2.28. The van der Waals surface area contributed by atoms with E-state index in [2.05, 4.69) is 12.2 Å². The number of nitrogens with zero attached hydrogens (tertiary/aromatic N) is 1. The molecule has 1 aliphatic rings. The number of hydrogen-bond donors (Lipinski definition) is 2. The first-order chi connectivity index (χ1) is 12.9. The molecule has 1 saturated carbocycles. The third kappa shape index (κ3) is 4.19. The van der Waals surface area contributed by atoms with Crippen LogP contribution in [0.5, 0.6) is 0 Å². The average Bonchev–Trinajstić information content (AvgIpc) is 2.67. The van der Waals surface area contributed by atoms with E-state index in [4.69, 9.17) is 17.3 Å². The molecule has 1 fully saturated rings. The molecule has 0 spiro atoms. The van der Waals surface area contributed by atoms with Crippen LogP contribution in [0.1, 0.15) is 55.9 Å². The van der Waals surface area contributed by atoms with Crippen LogP contribution in [-0.2, 0) is 0 Å². The number of fused-ring (bicyclic) bond motifs is 1. The summed E-state index contributed by atoms with van der Waals surface area (Å²) in [6, 6.07) is 4.98. The average molecular weight is 390 g/mol. The second kappa shape index (κ2) is 8.44. The Morgan fingerprint density at radius 3 is 2.63 bits per heavy atom. The summed E-state index contributed by atoms with van der Waals surface area (Å²) in [7, 11) is 0. The molecule has 5 nitrogen and oxygen atoms in total. The fraction of sp³-hybridized carbons (Fsp3) is 0.524. The van der Waals surface area contributed by atoms with Gasteiger partial charge in [-0.25, -0.2) is 0 Å². The Labute approximate surface area is 164 Å². The molecule has 0 aliphatic heterocycles.